The molecular weight excluding hydrogens is 254 g/mol. The Hall–Kier alpha value is -1.46. The molecule has 1 saturated heterocycles. The topological polar surface area (TPSA) is 58.4 Å². The van der Waals surface area contributed by atoms with Crippen LogP contribution in [-0.2, 0) is 6.54 Å². The molecule has 0 bridgehead atoms. The number of hydrogen-bond acceptors (Lipinski definition) is 4. The van der Waals surface area contributed by atoms with Crippen molar-refractivity contribution in [3.05, 3.63) is 39.9 Å². The fourth-order valence-electron chi connectivity index (χ4n) is 2.84. The molecule has 5 heteroatoms. The summed E-state index contributed by atoms with van der Waals surface area (Å²) in [6.45, 7) is 5.21. The molecule has 2 rings (SSSR count). The van der Waals surface area contributed by atoms with Crippen LogP contribution in [0.25, 0.3) is 0 Å². The molecule has 0 spiro atoms. The zero-order valence-electron chi connectivity index (χ0n) is 12.2. The van der Waals surface area contributed by atoms with E-state index in [9.17, 15) is 10.1 Å². The highest BCUT2D eigenvalue weighted by Crippen LogP contribution is 2.19. The summed E-state index contributed by atoms with van der Waals surface area (Å²) in [7, 11) is 2.17. The number of nitrogens with zero attached hydrogens (tertiary/aromatic N) is 2. The monoisotopic (exact) mass is 277 g/mol. The van der Waals surface area contributed by atoms with Crippen LogP contribution >= 0.6 is 0 Å². The smallest absolute Gasteiger partial charge is 0.269 e. The molecule has 2 unspecified atom stereocenters. The van der Waals surface area contributed by atoms with Gasteiger partial charge in [0.05, 0.1) is 4.92 Å². The summed E-state index contributed by atoms with van der Waals surface area (Å²) >= 11 is 0. The van der Waals surface area contributed by atoms with E-state index >= 15 is 0 Å². The maximum absolute atomic E-state index is 10.8. The molecule has 1 fully saturated rings. The minimum atomic E-state index is -0.344. The van der Waals surface area contributed by atoms with Gasteiger partial charge in [0.2, 0.25) is 0 Å². The normalized spacial score (nSPS) is 21.6. The Balaban J connectivity index is 1.88. The zero-order valence-corrected chi connectivity index (χ0v) is 12.2. The number of non-ortho nitro benzene ring substituents is 1. The number of rotatable bonds is 5. The van der Waals surface area contributed by atoms with E-state index in [4.69, 9.17) is 0 Å². The summed E-state index contributed by atoms with van der Waals surface area (Å²) in [5, 5.41) is 14.3. The first-order chi connectivity index (χ1) is 9.56. The van der Waals surface area contributed by atoms with Crippen molar-refractivity contribution in [1.29, 1.82) is 0 Å². The molecule has 5 nitrogen and oxygen atoms in total. The average Bonchev–Trinajstić information content (AvgIpc) is 2.45. The van der Waals surface area contributed by atoms with E-state index < -0.39 is 0 Å². The summed E-state index contributed by atoms with van der Waals surface area (Å²) in [4.78, 5) is 12.8. The van der Waals surface area contributed by atoms with E-state index in [1.54, 1.807) is 12.1 Å². The van der Waals surface area contributed by atoms with Gasteiger partial charge in [0.25, 0.3) is 5.69 Å². The molecule has 0 radical (unpaired) electrons. The molecule has 1 aromatic rings. The highest BCUT2D eigenvalue weighted by molar-refractivity contribution is 5.34. The van der Waals surface area contributed by atoms with Crippen LogP contribution in [0, 0.1) is 16.0 Å². The van der Waals surface area contributed by atoms with Gasteiger partial charge in [-0.3, -0.25) is 10.1 Å². The Morgan fingerprint density at radius 1 is 1.55 bits per heavy atom. The van der Waals surface area contributed by atoms with Gasteiger partial charge in [0.1, 0.15) is 0 Å². The molecule has 20 heavy (non-hydrogen) atoms. The van der Waals surface area contributed by atoms with Crippen LogP contribution in [0.15, 0.2) is 24.3 Å². The predicted molar refractivity (Wildman–Crippen MR) is 79.6 cm³/mol. The number of nitrogens with one attached hydrogen (secondary N) is 1. The molecule has 0 amide bonds. The summed E-state index contributed by atoms with van der Waals surface area (Å²) in [5.74, 6) is 0.660. The van der Waals surface area contributed by atoms with E-state index in [0.717, 1.165) is 12.1 Å². The average molecular weight is 277 g/mol. The number of nitro benzene ring substituents is 1. The lowest BCUT2D eigenvalue weighted by Gasteiger charge is -2.34. The number of hydrogen-bond donors (Lipinski definition) is 1. The van der Waals surface area contributed by atoms with Crippen molar-refractivity contribution < 1.29 is 4.92 Å². The lowest BCUT2D eigenvalue weighted by molar-refractivity contribution is -0.384. The van der Waals surface area contributed by atoms with Crippen molar-refractivity contribution in [2.75, 3.05) is 20.1 Å². The molecule has 0 saturated carbocycles. The maximum atomic E-state index is 10.8. The molecule has 1 aromatic carbocycles. The fraction of sp³-hybridized carbons (Fsp3) is 0.600. The number of piperidine rings is 1. The Labute approximate surface area is 120 Å². The molecule has 1 aliphatic heterocycles. The molecule has 0 aliphatic carbocycles. The zero-order chi connectivity index (χ0) is 14.5. The van der Waals surface area contributed by atoms with Crippen LogP contribution in [0.4, 0.5) is 5.69 Å². The van der Waals surface area contributed by atoms with Gasteiger partial charge in [-0.2, -0.15) is 0 Å². The van der Waals surface area contributed by atoms with Gasteiger partial charge in [0.15, 0.2) is 0 Å². The maximum Gasteiger partial charge on any atom is 0.269 e. The van der Waals surface area contributed by atoms with Gasteiger partial charge in [-0.05, 0) is 44.8 Å². The lowest BCUT2D eigenvalue weighted by Crippen LogP contribution is -2.42. The van der Waals surface area contributed by atoms with Crippen LogP contribution in [0.3, 0.4) is 0 Å². The number of nitro groups is 1. The third-order valence-corrected chi connectivity index (χ3v) is 4.12. The lowest BCUT2D eigenvalue weighted by atomic mass is 9.92. The van der Waals surface area contributed by atoms with E-state index in [1.807, 2.05) is 6.07 Å². The first-order valence-electron chi connectivity index (χ1n) is 7.21. The van der Waals surface area contributed by atoms with E-state index in [0.29, 0.717) is 18.5 Å². The molecule has 2 atom stereocenters. The summed E-state index contributed by atoms with van der Waals surface area (Å²) < 4.78 is 0. The molecule has 1 aliphatic rings. The molecule has 1 N–H and O–H groups in total. The minimum absolute atomic E-state index is 0.161. The van der Waals surface area contributed by atoms with Crippen molar-refractivity contribution >= 4 is 5.69 Å². The van der Waals surface area contributed by atoms with Crippen LogP contribution in [0.5, 0.6) is 0 Å². The Morgan fingerprint density at radius 3 is 3.05 bits per heavy atom. The van der Waals surface area contributed by atoms with Crippen LogP contribution in [-0.4, -0.2) is 36.0 Å². The Morgan fingerprint density at radius 2 is 2.35 bits per heavy atom. The van der Waals surface area contributed by atoms with Gasteiger partial charge < -0.3 is 10.2 Å². The number of benzene rings is 1. The van der Waals surface area contributed by atoms with Crippen molar-refractivity contribution in [2.45, 2.75) is 32.4 Å². The van der Waals surface area contributed by atoms with Crippen molar-refractivity contribution in [3.63, 3.8) is 0 Å². The summed E-state index contributed by atoms with van der Waals surface area (Å²) in [6.07, 6.45) is 2.51. The Kier molecular flexibility index (Phi) is 5.09. The van der Waals surface area contributed by atoms with E-state index in [2.05, 4.69) is 24.2 Å². The molecular formula is C15H23N3O2. The highest BCUT2D eigenvalue weighted by atomic mass is 16.6. The predicted octanol–water partition coefficient (Wildman–Crippen LogP) is 2.41. The minimum Gasteiger partial charge on any atom is -0.310 e. The van der Waals surface area contributed by atoms with Gasteiger partial charge >= 0.3 is 0 Å². The second-order valence-corrected chi connectivity index (χ2v) is 5.76. The fourth-order valence-corrected chi connectivity index (χ4v) is 2.84. The largest absolute Gasteiger partial charge is 0.310 e. The van der Waals surface area contributed by atoms with Crippen molar-refractivity contribution in [1.82, 2.24) is 10.2 Å². The van der Waals surface area contributed by atoms with Crippen LogP contribution in [0.1, 0.15) is 25.3 Å². The molecule has 1 heterocycles. The van der Waals surface area contributed by atoms with Gasteiger partial charge in [-0.25, -0.2) is 0 Å². The van der Waals surface area contributed by atoms with Gasteiger partial charge in [-0.1, -0.05) is 12.1 Å². The van der Waals surface area contributed by atoms with E-state index in [-0.39, 0.29) is 10.6 Å². The van der Waals surface area contributed by atoms with Gasteiger partial charge in [0, 0.05) is 31.3 Å². The molecule has 0 aromatic heterocycles. The summed E-state index contributed by atoms with van der Waals surface area (Å²) in [6, 6.07) is 7.28. The van der Waals surface area contributed by atoms with Crippen molar-refractivity contribution in [3.8, 4) is 0 Å². The number of likely N-dealkylation sites (tertiary alicyclic amines) is 1. The summed E-state index contributed by atoms with van der Waals surface area (Å²) in [5.41, 5.74) is 1.13. The third kappa shape index (κ3) is 4.02. The molecule has 110 valence electrons. The van der Waals surface area contributed by atoms with Gasteiger partial charge in [-0.15, -0.1) is 0 Å². The third-order valence-electron chi connectivity index (χ3n) is 4.12. The first kappa shape index (κ1) is 14.9. The van der Waals surface area contributed by atoms with E-state index in [1.165, 1.54) is 25.5 Å². The first-order valence-corrected chi connectivity index (χ1v) is 7.21. The standard InChI is InChI=1S/C15H23N3O2/c1-12(14-6-4-8-17(2)11-14)16-10-13-5-3-7-15(9-13)18(19)20/h3,5,7,9,12,14,16H,4,6,8,10-11H2,1-2H3. The Bertz CT molecular complexity index is 464. The highest BCUT2D eigenvalue weighted by Gasteiger charge is 2.22. The SMILES string of the molecule is CC(NCc1cccc([N+](=O)[O-])c1)C1CCCN(C)C1. The van der Waals surface area contributed by atoms with Crippen molar-refractivity contribution in [2.24, 2.45) is 5.92 Å². The second kappa shape index (κ2) is 6.81. The second-order valence-electron chi connectivity index (χ2n) is 5.76. The van der Waals surface area contributed by atoms with Crippen LogP contribution < -0.4 is 5.32 Å². The van der Waals surface area contributed by atoms with Crippen LogP contribution in [0.2, 0.25) is 0 Å². The quantitative estimate of drug-likeness (QED) is 0.663.